The molecule has 0 saturated heterocycles. The summed E-state index contributed by atoms with van der Waals surface area (Å²) in [5.74, 6) is -1.17. The predicted octanol–water partition coefficient (Wildman–Crippen LogP) is 4.89. The molecule has 0 aromatic heterocycles. The second-order valence-electron chi connectivity index (χ2n) is 4.55. The second kappa shape index (κ2) is 6.08. The van der Waals surface area contributed by atoms with Crippen LogP contribution in [0.1, 0.15) is 22.7 Å². The molecule has 1 unspecified atom stereocenters. The van der Waals surface area contributed by atoms with E-state index in [1.807, 2.05) is 0 Å². The Labute approximate surface area is 126 Å². The number of hydrogen-bond acceptors (Lipinski definition) is 1. The molecule has 0 fully saturated rings. The van der Waals surface area contributed by atoms with E-state index in [4.69, 9.17) is 23.2 Å². The van der Waals surface area contributed by atoms with Crippen LogP contribution in [-0.4, -0.2) is 7.05 Å². The molecular formula is C15H13Cl2F2N. The van der Waals surface area contributed by atoms with Crippen LogP contribution in [0.2, 0.25) is 10.0 Å². The Morgan fingerprint density at radius 1 is 0.950 bits per heavy atom. The molecule has 20 heavy (non-hydrogen) atoms. The number of halogens is 4. The molecule has 0 saturated carbocycles. The first-order valence-electron chi connectivity index (χ1n) is 6.01. The normalized spacial score (nSPS) is 12.5. The molecule has 1 atom stereocenters. The van der Waals surface area contributed by atoms with Gasteiger partial charge in [-0.3, -0.25) is 0 Å². The zero-order valence-corrected chi connectivity index (χ0v) is 12.5. The molecule has 0 heterocycles. The first-order valence-corrected chi connectivity index (χ1v) is 6.76. The molecule has 2 aromatic rings. The Bertz CT molecular complexity index is 624. The summed E-state index contributed by atoms with van der Waals surface area (Å²) in [4.78, 5) is 0. The Balaban J connectivity index is 2.55. The summed E-state index contributed by atoms with van der Waals surface area (Å²) in [6, 6.07) is 6.93. The fourth-order valence-corrected chi connectivity index (χ4v) is 2.69. The number of benzene rings is 2. The van der Waals surface area contributed by atoms with Gasteiger partial charge in [-0.25, -0.2) is 8.78 Å². The minimum absolute atomic E-state index is 0.352. The quantitative estimate of drug-likeness (QED) is 0.850. The average Bonchev–Trinajstić information content (AvgIpc) is 2.35. The topological polar surface area (TPSA) is 12.0 Å². The van der Waals surface area contributed by atoms with Crippen molar-refractivity contribution < 1.29 is 8.78 Å². The number of aryl methyl sites for hydroxylation is 1. The van der Waals surface area contributed by atoms with E-state index in [2.05, 4.69) is 5.32 Å². The largest absolute Gasteiger partial charge is 0.309 e. The Morgan fingerprint density at radius 3 is 2.10 bits per heavy atom. The lowest BCUT2D eigenvalue weighted by atomic mass is 9.96. The van der Waals surface area contributed by atoms with Crippen molar-refractivity contribution in [2.45, 2.75) is 13.0 Å². The molecule has 1 N–H and O–H groups in total. The predicted molar refractivity (Wildman–Crippen MR) is 78.5 cm³/mol. The second-order valence-corrected chi connectivity index (χ2v) is 5.42. The molecule has 0 radical (unpaired) electrons. The summed E-state index contributed by atoms with van der Waals surface area (Å²) in [6.07, 6.45) is 0. The highest BCUT2D eigenvalue weighted by atomic mass is 35.5. The highest BCUT2D eigenvalue weighted by Crippen LogP contribution is 2.30. The molecule has 1 nitrogen and oxygen atoms in total. The van der Waals surface area contributed by atoms with Crippen molar-refractivity contribution in [2.24, 2.45) is 0 Å². The first-order chi connectivity index (χ1) is 9.42. The summed E-state index contributed by atoms with van der Waals surface area (Å²) in [7, 11) is 1.69. The van der Waals surface area contributed by atoms with Crippen LogP contribution >= 0.6 is 23.2 Å². The molecule has 106 valence electrons. The minimum Gasteiger partial charge on any atom is -0.309 e. The van der Waals surface area contributed by atoms with Gasteiger partial charge in [-0.15, -0.1) is 0 Å². The van der Waals surface area contributed by atoms with E-state index >= 15 is 0 Å². The van der Waals surface area contributed by atoms with Crippen molar-refractivity contribution >= 4 is 23.2 Å². The molecule has 2 rings (SSSR count). The van der Waals surface area contributed by atoms with E-state index in [1.54, 1.807) is 32.2 Å². The molecule has 5 heteroatoms. The highest BCUT2D eigenvalue weighted by Gasteiger charge is 2.19. The van der Waals surface area contributed by atoms with Gasteiger partial charge in [0.2, 0.25) is 0 Å². The van der Waals surface area contributed by atoms with Crippen molar-refractivity contribution in [2.75, 3.05) is 7.05 Å². The third-order valence-electron chi connectivity index (χ3n) is 3.10. The van der Waals surface area contributed by atoms with Gasteiger partial charge in [0.15, 0.2) is 0 Å². The average molecular weight is 316 g/mol. The van der Waals surface area contributed by atoms with Crippen molar-refractivity contribution in [3.8, 4) is 0 Å². The molecule has 0 spiro atoms. The van der Waals surface area contributed by atoms with Crippen LogP contribution in [0.15, 0.2) is 30.3 Å². The maximum absolute atomic E-state index is 14.0. The zero-order chi connectivity index (χ0) is 14.9. The number of rotatable bonds is 3. The van der Waals surface area contributed by atoms with E-state index in [1.165, 1.54) is 6.07 Å². The van der Waals surface area contributed by atoms with E-state index < -0.39 is 17.7 Å². The maximum atomic E-state index is 14.0. The van der Waals surface area contributed by atoms with Crippen LogP contribution in [0, 0.1) is 18.6 Å². The van der Waals surface area contributed by atoms with Gasteiger partial charge in [-0.05, 0) is 49.4 Å². The first kappa shape index (κ1) is 15.2. The van der Waals surface area contributed by atoms with Crippen molar-refractivity contribution in [1.29, 1.82) is 0 Å². The van der Waals surface area contributed by atoms with E-state index in [-0.39, 0.29) is 0 Å². The lowest BCUT2D eigenvalue weighted by Crippen LogP contribution is -2.19. The Morgan fingerprint density at radius 2 is 1.55 bits per heavy atom. The van der Waals surface area contributed by atoms with Gasteiger partial charge in [0.25, 0.3) is 0 Å². The fourth-order valence-electron chi connectivity index (χ4n) is 2.14. The molecular weight excluding hydrogens is 303 g/mol. The summed E-state index contributed by atoms with van der Waals surface area (Å²) in [5, 5.41) is 3.93. The smallest absolute Gasteiger partial charge is 0.131 e. The van der Waals surface area contributed by atoms with E-state index in [0.717, 1.165) is 11.6 Å². The van der Waals surface area contributed by atoms with Crippen LogP contribution < -0.4 is 5.32 Å². The van der Waals surface area contributed by atoms with Crippen molar-refractivity contribution in [3.63, 3.8) is 0 Å². The van der Waals surface area contributed by atoms with Crippen LogP contribution in [0.5, 0.6) is 0 Å². The van der Waals surface area contributed by atoms with Crippen LogP contribution in [-0.2, 0) is 0 Å². The summed E-state index contributed by atoms with van der Waals surface area (Å²) in [6.45, 7) is 1.59. The third-order valence-corrected chi connectivity index (χ3v) is 3.53. The maximum Gasteiger partial charge on any atom is 0.131 e. The lowest BCUT2D eigenvalue weighted by molar-refractivity contribution is 0.547. The van der Waals surface area contributed by atoms with Crippen LogP contribution in [0.3, 0.4) is 0 Å². The molecule has 0 aliphatic heterocycles. The van der Waals surface area contributed by atoms with Crippen molar-refractivity contribution in [1.82, 2.24) is 5.32 Å². The third kappa shape index (κ3) is 3.11. The highest BCUT2D eigenvalue weighted by molar-refractivity contribution is 6.34. The van der Waals surface area contributed by atoms with Crippen molar-refractivity contribution in [3.05, 3.63) is 68.7 Å². The molecule has 0 amide bonds. The Kier molecular flexibility index (Phi) is 4.63. The SMILES string of the molecule is CNC(c1cc(Cl)cc(Cl)c1)c1cc(C)c(F)cc1F. The summed E-state index contributed by atoms with van der Waals surface area (Å²) < 4.78 is 27.4. The van der Waals surface area contributed by atoms with Gasteiger partial charge < -0.3 is 5.32 Å². The van der Waals surface area contributed by atoms with Crippen LogP contribution in [0.25, 0.3) is 0 Å². The van der Waals surface area contributed by atoms with Gasteiger partial charge in [-0.1, -0.05) is 23.2 Å². The molecule has 0 aliphatic carbocycles. The Hall–Kier alpha value is -1.16. The minimum atomic E-state index is -0.608. The lowest BCUT2D eigenvalue weighted by Gasteiger charge is -2.19. The number of nitrogens with one attached hydrogen (secondary N) is 1. The van der Waals surface area contributed by atoms with Gasteiger partial charge in [-0.2, -0.15) is 0 Å². The number of hydrogen-bond donors (Lipinski definition) is 1. The van der Waals surface area contributed by atoms with Gasteiger partial charge in [0, 0.05) is 21.7 Å². The van der Waals surface area contributed by atoms with Crippen LogP contribution in [0.4, 0.5) is 8.78 Å². The van der Waals surface area contributed by atoms with Gasteiger partial charge in [0.05, 0.1) is 6.04 Å². The summed E-state index contributed by atoms with van der Waals surface area (Å²) >= 11 is 11.9. The monoisotopic (exact) mass is 315 g/mol. The summed E-state index contributed by atoms with van der Waals surface area (Å²) in [5.41, 5.74) is 1.45. The van der Waals surface area contributed by atoms with Gasteiger partial charge >= 0.3 is 0 Å². The fraction of sp³-hybridized carbons (Fsp3) is 0.200. The van der Waals surface area contributed by atoms with Gasteiger partial charge in [0.1, 0.15) is 11.6 Å². The van der Waals surface area contributed by atoms with E-state index in [0.29, 0.717) is 21.2 Å². The molecule has 2 aromatic carbocycles. The molecule has 0 bridgehead atoms. The molecule has 0 aliphatic rings. The standard InChI is InChI=1S/C15H13Cl2F2N/c1-8-3-12(14(19)7-13(8)18)15(20-2)9-4-10(16)6-11(17)5-9/h3-7,15,20H,1-2H3. The zero-order valence-electron chi connectivity index (χ0n) is 11.0. The van der Waals surface area contributed by atoms with E-state index in [9.17, 15) is 8.78 Å².